The van der Waals surface area contributed by atoms with Gasteiger partial charge in [-0.1, -0.05) is 0 Å². The van der Waals surface area contributed by atoms with Crippen LogP contribution < -0.4 is 15.0 Å². The zero-order chi connectivity index (χ0) is 17.4. The van der Waals surface area contributed by atoms with Crippen molar-refractivity contribution in [2.24, 2.45) is 0 Å². The summed E-state index contributed by atoms with van der Waals surface area (Å²) in [5, 5.41) is 2.94. The molecule has 0 radical (unpaired) electrons. The van der Waals surface area contributed by atoms with E-state index in [9.17, 15) is 4.79 Å². The summed E-state index contributed by atoms with van der Waals surface area (Å²) in [6, 6.07) is 8.19. The van der Waals surface area contributed by atoms with Gasteiger partial charge in [-0.05, 0) is 44.5 Å². The van der Waals surface area contributed by atoms with Gasteiger partial charge >= 0.3 is 6.03 Å². The number of anilines is 1. The second-order valence-electron chi connectivity index (χ2n) is 6.21. The van der Waals surface area contributed by atoms with Crippen LogP contribution in [0.25, 0.3) is 0 Å². The summed E-state index contributed by atoms with van der Waals surface area (Å²) < 4.78 is 10.7. The quantitative estimate of drug-likeness (QED) is 0.777. The summed E-state index contributed by atoms with van der Waals surface area (Å²) in [6.07, 6.45) is 1.02. The summed E-state index contributed by atoms with van der Waals surface area (Å²) in [7, 11) is 1.67. The molecule has 1 N–H and O–H groups in total. The molecule has 0 saturated carbocycles. The second kappa shape index (κ2) is 9.37. The fourth-order valence-electron chi connectivity index (χ4n) is 2.70. The number of hydrogen-bond donors (Lipinski definition) is 1. The molecule has 1 aliphatic heterocycles. The first-order valence-electron chi connectivity index (χ1n) is 8.63. The molecule has 134 valence electrons. The van der Waals surface area contributed by atoms with Gasteiger partial charge < -0.3 is 24.6 Å². The summed E-state index contributed by atoms with van der Waals surface area (Å²) >= 11 is 0. The Kier molecular flexibility index (Phi) is 7.18. The van der Waals surface area contributed by atoms with Crippen LogP contribution >= 0.6 is 0 Å². The summed E-state index contributed by atoms with van der Waals surface area (Å²) in [6.45, 7) is 8.53. The van der Waals surface area contributed by atoms with E-state index in [1.807, 2.05) is 30.9 Å². The molecule has 6 nitrogen and oxygen atoms in total. The van der Waals surface area contributed by atoms with Crippen LogP contribution in [0.2, 0.25) is 0 Å². The molecule has 1 fully saturated rings. The van der Waals surface area contributed by atoms with Gasteiger partial charge in [-0.3, -0.25) is 0 Å². The zero-order valence-corrected chi connectivity index (χ0v) is 15.0. The van der Waals surface area contributed by atoms with E-state index in [0.717, 1.165) is 38.3 Å². The maximum Gasteiger partial charge on any atom is 0.317 e. The first-order valence-corrected chi connectivity index (χ1v) is 8.63. The monoisotopic (exact) mass is 335 g/mol. The molecule has 1 aliphatic rings. The van der Waals surface area contributed by atoms with Crippen molar-refractivity contribution in [2.75, 3.05) is 51.3 Å². The van der Waals surface area contributed by atoms with Crippen LogP contribution in [-0.4, -0.2) is 63.5 Å². The number of carbonyl (C=O) groups excluding carboxylic acids is 1. The molecule has 24 heavy (non-hydrogen) atoms. The SMILES string of the molecule is COCCCNC(=O)N1CCN(c2ccc(OC(C)C)cc2)CC1. The van der Waals surface area contributed by atoms with Gasteiger partial charge in [0.2, 0.25) is 0 Å². The molecular formula is C18H29N3O3. The number of nitrogens with one attached hydrogen (secondary N) is 1. The molecule has 2 amide bonds. The highest BCUT2D eigenvalue weighted by Crippen LogP contribution is 2.21. The maximum atomic E-state index is 12.1. The summed E-state index contributed by atoms with van der Waals surface area (Å²) in [5.74, 6) is 0.892. The highest BCUT2D eigenvalue weighted by atomic mass is 16.5. The summed E-state index contributed by atoms with van der Waals surface area (Å²) in [4.78, 5) is 16.3. The molecular weight excluding hydrogens is 306 g/mol. The number of amides is 2. The minimum Gasteiger partial charge on any atom is -0.491 e. The normalized spacial score (nSPS) is 14.8. The third kappa shape index (κ3) is 5.60. The molecule has 0 unspecified atom stereocenters. The van der Waals surface area contributed by atoms with E-state index >= 15 is 0 Å². The second-order valence-corrected chi connectivity index (χ2v) is 6.21. The fraction of sp³-hybridized carbons (Fsp3) is 0.611. The molecule has 6 heteroatoms. The van der Waals surface area contributed by atoms with Crippen LogP contribution in [0.1, 0.15) is 20.3 Å². The minimum atomic E-state index is 0.0198. The predicted molar refractivity (Wildman–Crippen MR) is 95.9 cm³/mol. The van der Waals surface area contributed by atoms with Crippen molar-refractivity contribution in [3.8, 4) is 5.75 Å². The van der Waals surface area contributed by atoms with Gasteiger partial charge in [0.15, 0.2) is 0 Å². The van der Waals surface area contributed by atoms with E-state index in [0.29, 0.717) is 13.2 Å². The molecule has 0 bridgehead atoms. The van der Waals surface area contributed by atoms with E-state index in [-0.39, 0.29) is 12.1 Å². The van der Waals surface area contributed by atoms with Gasteiger partial charge in [-0.2, -0.15) is 0 Å². The van der Waals surface area contributed by atoms with E-state index in [1.54, 1.807) is 7.11 Å². The van der Waals surface area contributed by atoms with Crippen LogP contribution in [0, 0.1) is 0 Å². The zero-order valence-electron chi connectivity index (χ0n) is 15.0. The molecule has 0 atom stereocenters. The smallest absolute Gasteiger partial charge is 0.317 e. The average Bonchev–Trinajstić information content (AvgIpc) is 2.59. The van der Waals surface area contributed by atoms with Crippen molar-refractivity contribution in [1.29, 1.82) is 0 Å². The van der Waals surface area contributed by atoms with Crippen molar-refractivity contribution < 1.29 is 14.3 Å². The number of piperazine rings is 1. The lowest BCUT2D eigenvalue weighted by Crippen LogP contribution is -2.52. The van der Waals surface area contributed by atoms with Gasteiger partial charge in [-0.25, -0.2) is 4.79 Å². The molecule has 0 aromatic heterocycles. The van der Waals surface area contributed by atoms with Gasteiger partial charge in [0, 0.05) is 52.1 Å². The highest BCUT2D eigenvalue weighted by molar-refractivity contribution is 5.74. The summed E-state index contributed by atoms with van der Waals surface area (Å²) in [5.41, 5.74) is 1.17. The van der Waals surface area contributed by atoms with Crippen LogP contribution in [0.15, 0.2) is 24.3 Å². The number of methoxy groups -OCH3 is 1. The first-order chi connectivity index (χ1) is 11.6. The Labute approximate surface area is 144 Å². The van der Waals surface area contributed by atoms with Crippen molar-refractivity contribution in [3.05, 3.63) is 24.3 Å². The molecule has 0 spiro atoms. The Morgan fingerprint density at radius 1 is 1.17 bits per heavy atom. The van der Waals surface area contributed by atoms with E-state index in [4.69, 9.17) is 9.47 Å². The largest absolute Gasteiger partial charge is 0.491 e. The van der Waals surface area contributed by atoms with Crippen LogP contribution in [0.4, 0.5) is 10.5 Å². The lowest BCUT2D eigenvalue weighted by molar-refractivity contribution is 0.183. The number of ether oxygens (including phenoxy) is 2. The standard InChI is InChI=1S/C18H29N3O3/c1-15(2)24-17-7-5-16(6-8-17)20-10-12-21(13-11-20)18(22)19-9-4-14-23-3/h5-8,15H,4,9-14H2,1-3H3,(H,19,22). The number of urea groups is 1. The Morgan fingerprint density at radius 2 is 1.83 bits per heavy atom. The minimum absolute atomic E-state index is 0.0198. The molecule has 0 aliphatic carbocycles. The third-order valence-electron chi connectivity index (χ3n) is 3.94. The number of carbonyl (C=O) groups is 1. The topological polar surface area (TPSA) is 54.0 Å². The van der Waals surface area contributed by atoms with Crippen LogP contribution in [0.5, 0.6) is 5.75 Å². The van der Waals surface area contributed by atoms with E-state index < -0.39 is 0 Å². The molecule has 1 saturated heterocycles. The van der Waals surface area contributed by atoms with Gasteiger partial charge in [0.1, 0.15) is 5.75 Å². The number of benzene rings is 1. The number of hydrogen-bond acceptors (Lipinski definition) is 4. The van der Waals surface area contributed by atoms with E-state index in [2.05, 4.69) is 22.3 Å². The number of nitrogens with zero attached hydrogens (tertiary/aromatic N) is 2. The van der Waals surface area contributed by atoms with Gasteiger partial charge in [0.25, 0.3) is 0 Å². The fourth-order valence-corrected chi connectivity index (χ4v) is 2.70. The number of rotatable bonds is 7. The average molecular weight is 335 g/mol. The van der Waals surface area contributed by atoms with Crippen molar-refractivity contribution in [3.63, 3.8) is 0 Å². The Morgan fingerprint density at radius 3 is 2.42 bits per heavy atom. The Balaban J connectivity index is 1.76. The van der Waals surface area contributed by atoms with Gasteiger partial charge in [-0.15, -0.1) is 0 Å². The Bertz CT molecular complexity index is 497. The van der Waals surface area contributed by atoms with Crippen molar-refractivity contribution in [2.45, 2.75) is 26.4 Å². The maximum absolute atomic E-state index is 12.1. The molecule has 1 heterocycles. The lowest BCUT2D eigenvalue weighted by atomic mass is 10.2. The molecule has 1 aromatic carbocycles. The van der Waals surface area contributed by atoms with E-state index in [1.165, 1.54) is 5.69 Å². The Hall–Kier alpha value is -1.95. The van der Waals surface area contributed by atoms with Crippen LogP contribution in [0.3, 0.4) is 0 Å². The third-order valence-corrected chi connectivity index (χ3v) is 3.94. The van der Waals surface area contributed by atoms with Crippen LogP contribution in [-0.2, 0) is 4.74 Å². The van der Waals surface area contributed by atoms with Crippen molar-refractivity contribution in [1.82, 2.24) is 10.2 Å². The van der Waals surface area contributed by atoms with Crippen molar-refractivity contribution >= 4 is 11.7 Å². The first kappa shape index (κ1) is 18.4. The predicted octanol–water partition coefficient (Wildman–Crippen LogP) is 2.34. The molecule has 1 aromatic rings. The lowest BCUT2D eigenvalue weighted by Gasteiger charge is -2.36. The molecule has 2 rings (SSSR count). The highest BCUT2D eigenvalue weighted by Gasteiger charge is 2.20. The van der Waals surface area contributed by atoms with Gasteiger partial charge in [0.05, 0.1) is 6.10 Å².